The summed E-state index contributed by atoms with van der Waals surface area (Å²) in [4.78, 5) is 21.1. The molecule has 2 saturated heterocycles. The fourth-order valence-electron chi connectivity index (χ4n) is 7.46. The lowest BCUT2D eigenvalue weighted by molar-refractivity contribution is -0.118. The number of fused-ring (bicyclic) bond motifs is 3. The van der Waals surface area contributed by atoms with Gasteiger partial charge >= 0.3 is 0 Å². The predicted molar refractivity (Wildman–Crippen MR) is 169 cm³/mol. The number of amides is 1. The van der Waals surface area contributed by atoms with Gasteiger partial charge in [-0.05, 0) is 67.0 Å². The summed E-state index contributed by atoms with van der Waals surface area (Å²) in [6, 6.07) is 17.6. The van der Waals surface area contributed by atoms with Crippen LogP contribution in [0.25, 0.3) is 0 Å². The van der Waals surface area contributed by atoms with Crippen molar-refractivity contribution in [2.75, 3.05) is 39.3 Å². The number of allylic oxidation sites excluding steroid dienone is 4. The van der Waals surface area contributed by atoms with Crippen molar-refractivity contribution in [3.05, 3.63) is 101 Å². The molecule has 1 N–H and O–H groups in total. The second-order valence-electron chi connectivity index (χ2n) is 12.4. The molecule has 4 atom stereocenters. The minimum atomic E-state index is -0.238. The van der Waals surface area contributed by atoms with Crippen LogP contribution < -0.4 is 10.1 Å². The van der Waals surface area contributed by atoms with Crippen LogP contribution in [0.15, 0.2) is 89.8 Å². The van der Waals surface area contributed by atoms with Gasteiger partial charge in [-0.2, -0.15) is 0 Å². The Bertz CT molecular complexity index is 1340. The lowest BCUT2D eigenvalue weighted by Crippen LogP contribution is -2.54. The van der Waals surface area contributed by atoms with Crippen LogP contribution in [0, 0.1) is 17.7 Å². The van der Waals surface area contributed by atoms with Gasteiger partial charge in [-0.25, -0.2) is 4.39 Å². The Morgan fingerprint density at radius 1 is 1.00 bits per heavy atom. The number of carbonyl (C=O) groups is 1. The fraction of sp³-hybridized carbons (Fsp3) is 0.472. The number of hydrogen-bond donors (Lipinski definition) is 1. The highest BCUT2D eigenvalue weighted by Gasteiger charge is 2.41. The predicted octanol–water partition coefficient (Wildman–Crippen LogP) is 5.75. The minimum absolute atomic E-state index is 0.0454. The molecule has 0 spiro atoms. The molecule has 3 heterocycles. The lowest BCUT2D eigenvalue weighted by atomic mass is 9.80. The van der Waals surface area contributed by atoms with Crippen LogP contribution >= 0.6 is 0 Å². The smallest absolute Gasteiger partial charge is 0.249 e. The maximum Gasteiger partial charge on any atom is 0.249 e. The van der Waals surface area contributed by atoms with Gasteiger partial charge in [-0.15, -0.1) is 0 Å². The molecule has 6 rings (SSSR count). The van der Waals surface area contributed by atoms with Crippen molar-refractivity contribution in [2.45, 2.75) is 58.2 Å². The van der Waals surface area contributed by atoms with Gasteiger partial charge in [-0.3, -0.25) is 14.6 Å². The summed E-state index contributed by atoms with van der Waals surface area (Å²) in [5, 5.41) is 3.19. The van der Waals surface area contributed by atoms with E-state index in [0.29, 0.717) is 31.2 Å². The first-order valence-electron chi connectivity index (χ1n) is 16.1. The topological polar surface area (TPSA) is 48.1 Å². The van der Waals surface area contributed by atoms with Crippen LogP contribution in [0.3, 0.4) is 0 Å². The van der Waals surface area contributed by atoms with Crippen LogP contribution in [0.2, 0.25) is 0 Å². The van der Waals surface area contributed by atoms with E-state index in [2.05, 4.69) is 64.3 Å². The summed E-state index contributed by atoms with van der Waals surface area (Å²) >= 11 is 0. The van der Waals surface area contributed by atoms with E-state index >= 15 is 0 Å². The van der Waals surface area contributed by atoms with E-state index in [1.54, 1.807) is 12.1 Å². The van der Waals surface area contributed by atoms with Crippen molar-refractivity contribution >= 4 is 5.91 Å². The van der Waals surface area contributed by atoms with Gasteiger partial charge in [0.05, 0.1) is 0 Å². The summed E-state index contributed by atoms with van der Waals surface area (Å²) in [5.74, 6) is 0.942. The van der Waals surface area contributed by atoms with Crippen molar-refractivity contribution in [1.29, 1.82) is 0 Å². The Hall–Kier alpha value is -3.42. The van der Waals surface area contributed by atoms with Crippen molar-refractivity contribution in [3.8, 4) is 5.75 Å². The fourth-order valence-corrected chi connectivity index (χ4v) is 7.46. The standard InChI is InChI=1S/C36H45FN4O2/c1-3-28-11-10-26(2)34-33(36(42)38-22-27-8-5-4-6-9-27)25-40(35(28)34)18-7-19-41-30-14-15-31(41)24-39(23-30)20-21-43-32-16-12-29(37)13-17-32/h4-6,8-13,16-17,25-26,30-31,34H,3,7,14-15,18-24H2,1-2H3,(H,38,42). The van der Waals surface area contributed by atoms with Crippen molar-refractivity contribution in [1.82, 2.24) is 20.0 Å². The van der Waals surface area contributed by atoms with Gasteiger partial charge in [0, 0.05) is 74.7 Å². The Morgan fingerprint density at radius 3 is 2.47 bits per heavy atom. The number of nitrogens with zero attached hydrogens (tertiary/aromatic N) is 3. The molecular weight excluding hydrogens is 539 g/mol. The second-order valence-corrected chi connectivity index (χ2v) is 12.4. The maximum atomic E-state index is 13.5. The molecule has 7 heteroatoms. The Morgan fingerprint density at radius 2 is 1.74 bits per heavy atom. The Balaban J connectivity index is 1.04. The van der Waals surface area contributed by atoms with Gasteiger partial charge in [0.1, 0.15) is 18.2 Å². The Kier molecular flexibility index (Phi) is 9.29. The van der Waals surface area contributed by atoms with Gasteiger partial charge in [0.25, 0.3) is 0 Å². The lowest BCUT2D eigenvalue weighted by Gasteiger charge is -2.41. The zero-order valence-electron chi connectivity index (χ0n) is 25.6. The van der Waals surface area contributed by atoms with Crippen LogP contribution in [-0.4, -0.2) is 72.0 Å². The van der Waals surface area contributed by atoms with Gasteiger partial charge in [0.15, 0.2) is 0 Å². The quantitative estimate of drug-likeness (QED) is 0.345. The minimum Gasteiger partial charge on any atom is -0.492 e. The number of halogens is 1. The van der Waals surface area contributed by atoms with E-state index in [1.807, 2.05) is 18.2 Å². The molecule has 0 saturated carbocycles. The van der Waals surface area contributed by atoms with Crippen LogP contribution in [0.5, 0.6) is 5.75 Å². The molecule has 2 fully saturated rings. The SMILES string of the molecule is CCC1=C2C(C(C(=O)NCc3ccccc3)=CN2CCCN2C3CCC2CN(CCOc2ccc(F)cc2)C3)C(C)C=C1. The highest BCUT2D eigenvalue weighted by Crippen LogP contribution is 2.43. The third-order valence-corrected chi connectivity index (χ3v) is 9.64. The molecule has 2 aromatic carbocycles. The van der Waals surface area contributed by atoms with E-state index in [4.69, 9.17) is 4.74 Å². The summed E-state index contributed by atoms with van der Waals surface area (Å²) in [6.07, 6.45) is 11.2. The number of benzene rings is 2. The second kappa shape index (κ2) is 13.5. The van der Waals surface area contributed by atoms with Gasteiger partial charge in [-0.1, -0.05) is 56.3 Å². The zero-order valence-corrected chi connectivity index (χ0v) is 25.6. The molecule has 0 aromatic heterocycles. The summed E-state index contributed by atoms with van der Waals surface area (Å²) < 4.78 is 19.0. The maximum absolute atomic E-state index is 13.5. The average molecular weight is 585 g/mol. The number of ether oxygens (including phenoxy) is 1. The molecule has 1 amide bonds. The third-order valence-electron chi connectivity index (χ3n) is 9.64. The van der Waals surface area contributed by atoms with E-state index in [-0.39, 0.29) is 17.6 Å². The first-order valence-corrected chi connectivity index (χ1v) is 16.1. The van der Waals surface area contributed by atoms with E-state index in [1.165, 1.54) is 36.2 Å². The van der Waals surface area contributed by atoms with Crippen LogP contribution in [0.1, 0.15) is 45.1 Å². The van der Waals surface area contributed by atoms with Crippen molar-refractivity contribution < 1.29 is 13.9 Å². The number of piperazine rings is 1. The van der Waals surface area contributed by atoms with Gasteiger partial charge < -0.3 is 15.0 Å². The molecular formula is C36H45FN4O2. The first kappa shape index (κ1) is 29.6. The van der Waals surface area contributed by atoms with E-state index < -0.39 is 0 Å². The number of carbonyl (C=O) groups excluding carboxylic acids is 1. The highest BCUT2D eigenvalue weighted by molar-refractivity contribution is 5.95. The Labute approximate surface area is 255 Å². The normalized spacial score (nSPS) is 25.2. The summed E-state index contributed by atoms with van der Waals surface area (Å²) in [6.45, 7) is 10.7. The third kappa shape index (κ3) is 6.73. The number of likely N-dealkylation sites (tertiary alicyclic amines) is 1. The van der Waals surface area contributed by atoms with E-state index in [9.17, 15) is 9.18 Å². The average Bonchev–Trinajstić information content (AvgIpc) is 3.52. The molecule has 228 valence electrons. The van der Waals surface area contributed by atoms with Crippen LogP contribution in [-0.2, 0) is 11.3 Å². The van der Waals surface area contributed by atoms with Crippen LogP contribution in [0.4, 0.5) is 4.39 Å². The molecule has 43 heavy (non-hydrogen) atoms. The van der Waals surface area contributed by atoms with E-state index in [0.717, 1.165) is 62.5 Å². The largest absolute Gasteiger partial charge is 0.492 e. The molecule has 2 aromatic rings. The molecule has 6 nitrogen and oxygen atoms in total. The monoisotopic (exact) mass is 584 g/mol. The van der Waals surface area contributed by atoms with Crippen molar-refractivity contribution in [2.24, 2.45) is 11.8 Å². The summed E-state index contributed by atoms with van der Waals surface area (Å²) in [5.41, 5.74) is 4.69. The number of rotatable bonds is 12. The summed E-state index contributed by atoms with van der Waals surface area (Å²) in [7, 11) is 0. The zero-order chi connectivity index (χ0) is 29.8. The molecule has 2 bridgehead atoms. The highest BCUT2D eigenvalue weighted by atomic mass is 19.1. The number of hydrogen-bond acceptors (Lipinski definition) is 5. The van der Waals surface area contributed by atoms with Gasteiger partial charge in [0.2, 0.25) is 5.91 Å². The molecule has 0 radical (unpaired) electrons. The molecule has 3 aliphatic heterocycles. The number of nitrogens with one attached hydrogen (secondary N) is 1. The molecule has 4 aliphatic rings. The first-order chi connectivity index (χ1) is 21.0. The molecule has 1 aliphatic carbocycles. The van der Waals surface area contributed by atoms with Crippen molar-refractivity contribution in [3.63, 3.8) is 0 Å². The molecule has 4 unspecified atom stereocenters.